The van der Waals surface area contributed by atoms with Gasteiger partial charge in [-0.2, -0.15) is 0 Å². The molecule has 1 saturated heterocycles. The van der Waals surface area contributed by atoms with Gasteiger partial charge in [0.05, 0.1) is 16.6 Å². The number of carbonyl (C=O) groups excluding carboxylic acids is 3. The highest BCUT2D eigenvalue weighted by atomic mass is 79.9. The fourth-order valence-corrected chi connectivity index (χ4v) is 7.98. The Hall–Kier alpha value is -3.45. The number of anilines is 2. The van der Waals surface area contributed by atoms with Crippen LogP contribution < -0.4 is 19.8 Å². The van der Waals surface area contributed by atoms with Gasteiger partial charge in [-0.3, -0.25) is 19.2 Å². The van der Waals surface area contributed by atoms with Crippen LogP contribution in [0.4, 0.5) is 15.8 Å². The van der Waals surface area contributed by atoms with Crippen molar-refractivity contribution >= 4 is 79.7 Å². The predicted molar refractivity (Wildman–Crippen MR) is 159 cm³/mol. The minimum absolute atomic E-state index is 0.261. The number of thioether (sulfide) groups is 1. The van der Waals surface area contributed by atoms with E-state index in [1.807, 2.05) is 0 Å². The Kier molecular flexibility index (Phi) is 7.49. The topological polar surface area (TPSA) is 109 Å². The number of halogens is 3. The van der Waals surface area contributed by atoms with Crippen molar-refractivity contribution in [1.82, 2.24) is 4.98 Å². The van der Waals surface area contributed by atoms with Gasteiger partial charge in [-0.05, 0) is 66.7 Å². The van der Waals surface area contributed by atoms with Crippen molar-refractivity contribution in [3.8, 4) is 5.75 Å². The molecule has 3 unspecified atom stereocenters. The lowest BCUT2D eigenvalue weighted by molar-refractivity contribution is -0.122. The summed E-state index contributed by atoms with van der Waals surface area (Å²) in [5.41, 5.74) is 1.34. The lowest BCUT2D eigenvalue weighted by atomic mass is 9.82. The fraction of sp³-hybridized carbons (Fsp3) is 0.143. The maximum absolute atomic E-state index is 13.9. The Bertz CT molecular complexity index is 1740. The standard InChI is InChI=1S/C28H18BrClFN3O5S2/c29-13-1-10-19(39-12-20(35)32-16-6-2-14(30)3-7-16)18(11-13)21-22-24(40-25-23(21)41-28(38)33-25)27(37)34(26(22)36)17-8-4-15(31)5-9-17/h1-11,21-22,24H,12H2,(H,32,35)(H,33,38). The SMILES string of the molecule is O=C(COc1ccc(Br)cc1C1c2sc(=O)[nH]c2SC2C(=O)N(c3ccc(F)cc3)C(=O)C21)Nc1ccc(Cl)cc1. The van der Waals surface area contributed by atoms with E-state index in [1.165, 1.54) is 24.3 Å². The minimum atomic E-state index is -0.879. The molecule has 6 rings (SSSR count). The van der Waals surface area contributed by atoms with Crippen molar-refractivity contribution in [2.75, 3.05) is 16.8 Å². The summed E-state index contributed by atoms with van der Waals surface area (Å²) in [6, 6.07) is 16.9. The van der Waals surface area contributed by atoms with Gasteiger partial charge >= 0.3 is 4.87 Å². The first-order valence-electron chi connectivity index (χ1n) is 12.2. The molecular weight excluding hydrogens is 657 g/mol. The molecule has 0 bridgehead atoms. The number of benzene rings is 3. The molecule has 2 aliphatic rings. The van der Waals surface area contributed by atoms with Crippen molar-refractivity contribution in [3.05, 3.63) is 102 Å². The molecule has 208 valence electrons. The highest BCUT2D eigenvalue weighted by molar-refractivity contribution is 9.10. The third kappa shape index (κ3) is 5.32. The predicted octanol–water partition coefficient (Wildman–Crippen LogP) is 5.80. The summed E-state index contributed by atoms with van der Waals surface area (Å²) in [5, 5.41) is 2.93. The number of fused-ring (bicyclic) bond motifs is 2. The molecule has 4 aromatic rings. The molecule has 0 radical (unpaired) electrons. The highest BCUT2D eigenvalue weighted by Crippen LogP contribution is 2.54. The van der Waals surface area contributed by atoms with Crippen LogP contribution in [-0.4, -0.2) is 34.6 Å². The third-order valence-corrected chi connectivity index (χ3v) is 9.85. The second-order valence-corrected chi connectivity index (χ2v) is 12.8. The van der Waals surface area contributed by atoms with Crippen LogP contribution in [0.2, 0.25) is 5.02 Å². The van der Waals surface area contributed by atoms with Crippen molar-refractivity contribution < 1.29 is 23.5 Å². The molecule has 0 aliphatic carbocycles. The van der Waals surface area contributed by atoms with E-state index in [2.05, 4.69) is 26.2 Å². The van der Waals surface area contributed by atoms with Crippen molar-refractivity contribution in [2.45, 2.75) is 16.2 Å². The molecule has 0 saturated carbocycles. The largest absolute Gasteiger partial charge is 0.483 e. The Balaban J connectivity index is 1.36. The molecule has 2 N–H and O–H groups in total. The molecule has 3 aromatic carbocycles. The maximum Gasteiger partial charge on any atom is 0.305 e. The van der Waals surface area contributed by atoms with E-state index in [-0.39, 0.29) is 17.2 Å². The summed E-state index contributed by atoms with van der Waals surface area (Å²) in [4.78, 5) is 56.7. The number of hydrogen-bond donors (Lipinski definition) is 2. The van der Waals surface area contributed by atoms with E-state index in [0.29, 0.717) is 36.4 Å². The first-order chi connectivity index (χ1) is 19.7. The number of nitrogens with zero attached hydrogens (tertiary/aromatic N) is 1. The van der Waals surface area contributed by atoms with E-state index < -0.39 is 40.6 Å². The number of aromatic amines is 1. The minimum Gasteiger partial charge on any atom is -0.483 e. The van der Waals surface area contributed by atoms with Gasteiger partial charge in [-0.1, -0.05) is 50.6 Å². The van der Waals surface area contributed by atoms with Gasteiger partial charge in [0.1, 0.15) is 16.8 Å². The van der Waals surface area contributed by atoms with E-state index in [0.717, 1.165) is 28.0 Å². The fourth-order valence-electron chi connectivity index (χ4n) is 4.96. The molecule has 8 nitrogen and oxygen atoms in total. The van der Waals surface area contributed by atoms with Crippen LogP contribution in [0.5, 0.6) is 5.75 Å². The molecule has 3 atom stereocenters. The van der Waals surface area contributed by atoms with E-state index in [4.69, 9.17) is 16.3 Å². The number of ether oxygens (including phenoxy) is 1. The number of H-pyrrole nitrogens is 1. The van der Waals surface area contributed by atoms with Crippen molar-refractivity contribution in [3.63, 3.8) is 0 Å². The molecule has 1 aromatic heterocycles. The van der Waals surface area contributed by atoms with Crippen LogP contribution in [-0.2, 0) is 14.4 Å². The molecule has 0 spiro atoms. The zero-order valence-corrected chi connectivity index (χ0v) is 24.7. The zero-order valence-electron chi connectivity index (χ0n) is 20.7. The molecule has 3 amide bonds. The number of aromatic nitrogens is 1. The highest BCUT2D eigenvalue weighted by Gasteiger charge is 2.56. The van der Waals surface area contributed by atoms with Crippen LogP contribution in [0.3, 0.4) is 0 Å². The van der Waals surface area contributed by atoms with Crippen LogP contribution in [0, 0.1) is 11.7 Å². The van der Waals surface area contributed by atoms with Crippen LogP contribution >= 0.6 is 50.6 Å². The van der Waals surface area contributed by atoms with Gasteiger partial charge in [0.2, 0.25) is 11.8 Å². The molecular formula is C28H18BrClFN3O5S2. The number of amides is 3. The smallest absolute Gasteiger partial charge is 0.305 e. The zero-order chi connectivity index (χ0) is 28.8. The van der Waals surface area contributed by atoms with E-state index in [1.54, 1.807) is 42.5 Å². The summed E-state index contributed by atoms with van der Waals surface area (Å²) in [6.07, 6.45) is 0. The quantitative estimate of drug-likeness (QED) is 0.250. The summed E-state index contributed by atoms with van der Waals surface area (Å²) >= 11 is 11.5. The number of imide groups is 1. The average molecular weight is 675 g/mol. The third-order valence-electron chi connectivity index (χ3n) is 6.70. The lowest BCUT2D eigenvalue weighted by Crippen LogP contribution is -2.32. The van der Waals surface area contributed by atoms with Crippen LogP contribution in [0.25, 0.3) is 0 Å². The Morgan fingerprint density at radius 3 is 2.51 bits per heavy atom. The molecule has 2 aliphatic heterocycles. The van der Waals surface area contributed by atoms with Crippen LogP contribution in [0.15, 0.2) is 81.0 Å². The normalized spacial score (nSPS) is 19.6. The summed E-state index contributed by atoms with van der Waals surface area (Å²) in [7, 11) is 0. The van der Waals surface area contributed by atoms with E-state index in [9.17, 15) is 23.6 Å². The van der Waals surface area contributed by atoms with Gasteiger partial charge in [0, 0.05) is 31.5 Å². The van der Waals surface area contributed by atoms with E-state index >= 15 is 0 Å². The van der Waals surface area contributed by atoms with Gasteiger partial charge in [-0.25, -0.2) is 9.29 Å². The Morgan fingerprint density at radius 1 is 1.05 bits per heavy atom. The number of nitrogens with one attached hydrogen (secondary N) is 2. The average Bonchev–Trinajstić information content (AvgIpc) is 3.44. The number of hydrogen-bond acceptors (Lipinski definition) is 7. The summed E-state index contributed by atoms with van der Waals surface area (Å²) in [6.45, 7) is -0.336. The second kappa shape index (κ2) is 11.1. The molecule has 3 heterocycles. The van der Waals surface area contributed by atoms with Crippen LogP contribution in [0.1, 0.15) is 16.4 Å². The summed E-state index contributed by atoms with van der Waals surface area (Å²) < 4.78 is 20.2. The number of thiazole rings is 1. The molecule has 13 heteroatoms. The molecule has 1 fully saturated rings. The van der Waals surface area contributed by atoms with Gasteiger partial charge in [-0.15, -0.1) is 0 Å². The second-order valence-electron chi connectivity index (χ2n) is 9.26. The first-order valence-corrected chi connectivity index (χ1v) is 15.1. The van der Waals surface area contributed by atoms with Crippen molar-refractivity contribution in [2.24, 2.45) is 5.92 Å². The lowest BCUT2D eigenvalue weighted by Gasteiger charge is -2.31. The molecule has 41 heavy (non-hydrogen) atoms. The van der Waals surface area contributed by atoms with Gasteiger partial charge < -0.3 is 15.0 Å². The number of rotatable bonds is 6. The number of carbonyl (C=O) groups is 3. The Labute approximate surface area is 254 Å². The van der Waals surface area contributed by atoms with Gasteiger partial charge in [0.15, 0.2) is 6.61 Å². The Morgan fingerprint density at radius 2 is 1.78 bits per heavy atom. The maximum atomic E-state index is 13.9. The van der Waals surface area contributed by atoms with Gasteiger partial charge in [0.25, 0.3) is 5.91 Å². The van der Waals surface area contributed by atoms with Crippen molar-refractivity contribution in [1.29, 1.82) is 0 Å². The monoisotopic (exact) mass is 673 g/mol. The first kappa shape index (κ1) is 27.7. The summed E-state index contributed by atoms with van der Waals surface area (Å²) in [5.74, 6) is -3.12.